The summed E-state index contributed by atoms with van der Waals surface area (Å²) >= 11 is 4.02. The molecule has 0 saturated carbocycles. The van der Waals surface area contributed by atoms with Crippen LogP contribution in [0.15, 0.2) is 12.5 Å². The average Bonchev–Trinajstić information content (AvgIpc) is 2.84. The zero-order valence-electron chi connectivity index (χ0n) is 7.83. The van der Waals surface area contributed by atoms with Crippen LogP contribution in [0.1, 0.15) is 22.4 Å². The maximum absolute atomic E-state index is 4.41. The van der Waals surface area contributed by atoms with E-state index in [9.17, 15) is 0 Å². The van der Waals surface area contributed by atoms with Crippen LogP contribution in [0.4, 0.5) is 0 Å². The van der Waals surface area contributed by atoms with Crippen molar-refractivity contribution in [3.63, 3.8) is 0 Å². The number of aromatic amines is 1. The molecule has 1 unspecified atom stereocenters. The summed E-state index contributed by atoms with van der Waals surface area (Å²) in [7, 11) is 0. The molecule has 0 radical (unpaired) electrons. The van der Waals surface area contributed by atoms with Gasteiger partial charge in [-0.05, 0) is 22.6 Å². The van der Waals surface area contributed by atoms with Crippen LogP contribution in [-0.2, 0) is 6.42 Å². The number of rotatable bonds is 1. The summed E-state index contributed by atoms with van der Waals surface area (Å²) in [6.45, 7) is 0.982. The van der Waals surface area contributed by atoms with Crippen LogP contribution in [0.25, 0.3) is 0 Å². The monoisotopic (exact) mass is 332 g/mol. The Bertz CT molecular complexity index is 478. The second kappa shape index (κ2) is 3.84. The minimum absolute atomic E-state index is 0.175. The van der Waals surface area contributed by atoms with E-state index in [1.165, 1.54) is 8.58 Å². The van der Waals surface area contributed by atoms with Crippen molar-refractivity contribution in [2.45, 2.75) is 12.5 Å². The van der Waals surface area contributed by atoms with Gasteiger partial charge in [0.15, 0.2) is 0 Å². The maximum Gasteiger partial charge on any atom is 0.117 e. The number of aromatic nitrogens is 3. The number of halogens is 1. The third-order valence-electron chi connectivity index (χ3n) is 2.49. The van der Waals surface area contributed by atoms with Crippen molar-refractivity contribution in [2.75, 3.05) is 6.54 Å². The fourth-order valence-corrected chi connectivity index (χ4v) is 3.36. The molecular formula is C9H9IN4S. The first kappa shape index (κ1) is 9.73. The van der Waals surface area contributed by atoms with Crippen LogP contribution >= 0.6 is 33.9 Å². The van der Waals surface area contributed by atoms with Gasteiger partial charge in [0.1, 0.15) is 11.0 Å². The Morgan fingerprint density at radius 3 is 3.20 bits per heavy atom. The van der Waals surface area contributed by atoms with Crippen molar-refractivity contribution in [3.05, 3.63) is 31.8 Å². The summed E-state index contributed by atoms with van der Waals surface area (Å²) in [6, 6.07) is 0.175. The molecule has 15 heavy (non-hydrogen) atoms. The van der Waals surface area contributed by atoms with Crippen molar-refractivity contribution in [3.8, 4) is 0 Å². The van der Waals surface area contributed by atoms with E-state index in [0.717, 1.165) is 23.7 Å². The number of hydrogen-bond donors (Lipinski definition) is 2. The minimum atomic E-state index is 0.175. The first-order valence-corrected chi connectivity index (χ1v) is 6.61. The summed E-state index contributed by atoms with van der Waals surface area (Å²) < 4.78 is 1.21. The molecule has 1 atom stereocenters. The Morgan fingerprint density at radius 1 is 1.47 bits per heavy atom. The van der Waals surface area contributed by atoms with Crippen LogP contribution in [0.3, 0.4) is 0 Å². The molecule has 0 aromatic carbocycles. The van der Waals surface area contributed by atoms with Crippen LogP contribution in [0, 0.1) is 2.88 Å². The van der Waals surface area contributed by atoms with Gasteiger partial charge in [-0.3, -0.25) is 0 Å². The molecule has 78 valence electrons. The van der Waals surface area contributed by atoms with E-state index >= 15 is 0 Å². The molecule has 1 aliphatic heterocycles. The minimum Gasteiger partial charge on any atom is -0.348 e. The number of fused-ring (bicyclic) bond motifs is 1. The highest BCUT2D eigenvalue weighted by molar-refractivity contribution is 14.1. The van der Waals surface area contributed by atoms with E-state index in [2.05, 4.69) is 42.9 Å². The lowest BCUT2D eigenvalue weighted by atomic mass is 10.1. The number of thiazole rings is 1. The highest BCUT2D eigenvalue weighted by Gasteiger charge is 2.25. The van der Waals surface area contributed by atoms with Crippen molar-refractivity contribution in [1.82, 2.24) is 20.3 Å². The van der Waals surface area contributed by atoms with Gasteiger partial charge in [-0.1, -0.05) is 0 Å². The SMILES string of the molecule is Ic1cnc(C2NCCc3[nH]cnc32)s1. The molecule has 0 spiro atoms. The second-order valence-corrected chi connectivity index (χ2v) is 6.36. The van der Waals surface area contributed by atoms with Crippen molar-refractivity contribution in [1.29, 1.82) is 0 Å². The molecule has 2 aromatic rings. The third kappa shape index (κ3) is 1.70. The first-order valence-electron chi connectivity index (χ1n) is 4.71. The summed E-state index contributed by atoms with van der Waals surface area (Å²) in [5.74, 6) is 0. The third-order valence-corrected chi connectivity index (χ3v) is 4.28. The maximum atomic E-state index is 4.41. The van der Waals surface area contributed by atoms with Gasteiger partial charge in [-0.2, -0.15) is 0 Å². The van der Waals surface area contributed by atoms with Crippen molar-refractivity contribution in [2.24, 2.45) is 0 Å². The summed E-state index contributed by atoms with van der Waals surface area (Å²) in [6.07, 6.45) is 4.70. The van der Waals surface area contributed by atoms with Gasteiger partial charge in [0.05, 0.1) is 21.1 Å². The van der Waals surface area contributed by atoms with E-state index in [0.29, 0.717) is 0 Å². The molecule has 0 saturated heterocycles. The first-order chi connectivity index (χ1) is 7.34. The smallest absolute Gasteiger partial charge is 0.117 e. The molecule has 0 bridgehead atoms. The van der Waals surface area contributed by atoms with Crippen LogP contribution in [0.5, 0.6) is 0 Å². The number of nitrogens with one attached hydrogen (secondary N) is 2. The summed E-state index contributed by atoms with van der Waals surface area (Å²) in [5, 5.41) is 4.56. The Kier molecular flexibility index (Phi) is 2.49. The Labute approximate surface area is 105 Å². The van der Waals surface area contributed by atoms with Gasteiger partial charge in [0.2, 0.25) is 0 Å². The number of nitrogens with zero attached hydrogens (tertiary/aromatic N) is 2. The average molecular weight is 332 g/mol. The van der Waals surface area contributed by atoms with Gasteiger partial charge in [0.25, 0.3) is 0 Å². The summed E-state index contributed by atoms with van der Waals surface area (Å²) in [5.41, 5.74) is 2.34. The molecule has 2 N–H and O–H groups in total. The Hall–Kier alpha value is -0.470. The zero-order valence-corrected chi connectivity index (χ0v) is 10.8. The van der Waals surface area contributed by atoms with Crippen LogP contribution in [0.2, 0.25) is 0 Å². The molecule has 3 rings (SSSR count). The Morgan fingerprint density at radius 2 is 2.40 bits per heavy atom. The van der Waals surface area contributed by atoms with E-state index in [-0.39, 0.29) is 6.04 Å². The second-order valence-electron chi connectivity index (χ2n) is 3.41. The van der Waals surface area contributed by atoms with Crippen molar-refractivity contribution >= 4 is 33.9 Å². The fraction of sp³-hybridized carbons (Fsp3) is 0.333. The lowest BCUT2D eigenvalue weighted by molar-refractivity contribution is 0.551. The van der Waals surface area contributed by atoms with Crippen molar-refractivity contribution < 1.29 is 0 Å². The van der Waals surface area contributed by atoms with E-state index in [1.54, 1.807) is 17.7 Å². The number of imidazole rings is 1. The normalized spacial score (nSPS) is 20.2. The van der Waals surface area contributed by atoms with Gasteiger partial charge in [0, 0.05) is 18.7 Å². The van der Waals surface area contributed by atoms with Gasteiger partial charge >= 0.3 is 0 Å². The lowest BCUT2D eigenvalue weighted by Crippen LogP contribution is -2.30. The topological polar surface area (TPSA) is 53.6 Å². The Balaban J connectivity index is 2.02. The van der Waals surface area contributed by atoms with E-state index in [4.69, 9.17) is 0 Å². The standard InChI is InChI=1S/C9H9IN4S/c10-6-3-12-9(15-6)8-7-5(1-2-11-8)13-4-14-7/h3-4,8,11H,1-2H2,(H,13,14). The van der Waals surface area contributed by atoms with Gasteiger partial charge in [-0.15, -0.1) is 11.3 Å². The molecule has 6 heteroatoms. The highest BCUT2D eigenvalue weighted by atomic mass is 127. The molecular weight excluding hydrogens is 323 g/mol. The lowest BCUT2D eigenvalue weighted by Gasteiger charge is -2.20. The largest absolute Gasteiger partial charge is 0.348 e. The molecule has 0 aliphatic carbocycles. The number of hydrogen-bond acceptors (Lipinski definition) is 4. The predicted molar refractivity (Wildman–Crippen MR) is 67.0 cm³/mol. The molecule has 3 heterocycles. The quantitative estimate of drug-likeness (QED) is 0.782. The predicted octanol–water partition coefficient (Wildman–Crippen LogP) is 1.71. The molecule has 2 aromatic heterocycles. The van der Waals surface area contributed by atoms with Gasteiger partial charge in [-0.25, -0.2) is 9.97 Å². The fourth-order valence-electron chi connectivity index (χ4n) is 1.82. The highest BCUT2D eigenvalue weighted by Crippen LogP contribution is 2.29. The molecule has 0 fully saturated rings. The molecule has 0 amide bonds. The molecule has 1 aliphatic rings. The van der Waals surface area contributed by atoms with Crippen LogP contribution in [-0.4, -0.2) is 21.5 Å². The van der Waals surface area contributed by atoms with E-state index in [1.807, 2.05) is 6.20 Å². The summed E-state index contributed by atoms with van der Waals surface area (Å²) in [4.78, 5) is 12.0. The molecule has 4 nitrogen and oxygen atoms in total. The zero-order chi connectivity index (χ0) is 10.3. The van der Waals surface area contributed by atoms with Gasteiger partial charge < -0.3 is 10.3 Å². The number of H-pyrrole nitrogens is 1. The van der Waals surface area contributed by atoms with Crippen LogP contribution < -0.4 is 5.32 Å². The van der Waals surface area contributed by atoms with E-state index < -0.39 is 0 Å².